The molecule has 0 bridgehead atoms. The van der Waals surface area contributed by atoms with Gasteiger partial charge in [0.05, 0.1) is 6.54 Å². The first-order chi connectivity index (χ1) is 7.27. The highest BCUT2D eigenvalue weighted by atomic mass is 16.4. The van der Waals surface area contributed by atoms with Gasteiger partial charge in [-0.3, -0.25) is 9.69 Å². The second-order valence-corrected chi connectivity index (χ2v) is 3.86. The second kappa shape index (κ2) is 4.44. The van der Waals surface area contributed by atoms with Crippen LogP contribution in [0.15, 0.2) is 12.4 Å². The summed E-state index contributed by atoms with van der Waals surface area (Å²) >= 11 is 0. The zero-order valence-electron chi connectivity index (χ0n) is 8.52. The van der Waals surface area contributed by atoms with Gasteiger partial charge < -0.3 is 10.1 Å². The van der Waals surface area contributed by atoms with E-state index in [2.05, 4.69) is 9.97 Å². The number of carboxylic acid groups (broad SMARTS) is 1. The Kier molecular flexibility index (Phi) is 3.01. The van der Waals surface area contributed by atoms with E-state index < -0.39 is 5.97 Å². The number of hydrogen-bond donors (Lipinski definition) is 2. The van der Waals surface area contributed by atoms with E-state index in [4.69, 9.17) is 5.11 Å². The summed E-state index contributed by atoms with van der Waals surface area (Å²) in [7, 11) is 0. The highest BCUT2D eigenvalue weighted by Gasteiger charge is 2.28. The summed E-state index contributed by atoms with van der Waals surface area (Å²) in [5, 5.41) is 9.07. The molecule has 0 aliphatic carbocycles. The van der Waals surface area contributed by atoms with E-state index in [-0.39, 0.29) is 6.04 Å². The molecule has 5 nitrogen and oxygen atoms in total. The summed E-state index contributed by atoms with van der Waals surface area (Å²) in [5.74, 6) is 0.115. The van der Waals surface area contributed by atoms with Gasteiger partial charge in [0.2, 0.25) is 0 Å². The molecule has 15 heavy (non-hydrogen) atoms. The fraction of sp³-hybridized carbons (Fsp3) is 0.600. The zero-order valence-corrected chi connectivity index (χ0v) is 8.52. The van der Waals surface area contributed by atoms with Gasteiger partial charge in [-0.15, -0.1) is 0 Å². The third kappa shape index (κ3) is 2.36. The smallest absolute Gasteiger partial charge is 0.320 e. The molecule has 0 radical (unpaired) electrons. The van der Waals surface area contributed by atoms with Crippen LogP contribution in [0.4, 0.5) is 0 Å². The summed E-state index contributed by atoms with van der Waals surface area (Å²) < 4.78 is 0. The zero-order chi connectivity index (χ0) is 10.7. The molecule has 0 amide bonds. The summed E-state index contributed by atoms with van der Waals surface area (Å²) in [6, 6.07) is -0.344. The standard InChI is InChI=1S/C10H15N3O2/c14-10(15)8-3-1-2-6-13(8)7-9-11-4-5-12-9/h4-5,8H,1-3,6-7H2,(H,11,12)(H,14,15). The number of carboxylic acids is 1. The summed E-state index contributed by atoms with van der Waals surface area (Å²) in [5.41, 5.74) is 0. The van der Waals surface area contributed by atoms with Gasteiger partial charge in [-0.25, -0.2) is 4.98 Å². The molecule has 1 atom stereocenters. The molecule has 5 heteroatoms. The van der Waals surface area contributed by atoms with Crippen molar-refractivity contribution in [2.45, 2.75) is 31.8 Å². The van der Waals surface area contributed by atoms with Crippen molar-refractivity contribution in [3.63, 3.8) is 0 Å². The first kappa shape index (κ1) is 10.2. The van der Waals surface area contributed by atoms with Crippen molar-refractivity contribution in [2.75, 3.05) is 6.54 Å². The van der Waals surface area contributed by atoms with Crippen molar-refractivity contribution in [3.05, 3.63) is 18.2 Å². The number of H-pyrrole nitrogens is 1. The molecule has 1 unspecified atom stereocenters. The van der Waals surface area contributed by atoms with Crippen LogP contribution in [0.5, 0.6) is 0 Å². The van der Waals surface area contributed by atoms with Crippen LogP contribution < -0.4 is 0 Å². The first-order valence-corrected chi connectivity index (χ1v) is 5.22. The van der Waals surface area contributed by atoms with E-state index >= 15 is 0 Å². The van der Waals surface area contributed by atoms with Crippen LogP contribution >= 0.6 is 0 Å². The van der Waals surface area contributed by atoms with Crippen LogP contribution in [0.3, 0.4) is 0 Å². The summed E-state index contributed by atoms with van der Waals surface area (Å²) in [6.07, 6.45) is 6.27. The molecule has 1 fully saturated rings. The van der Waals surface area contributed by atoms with Gasteiger partial charge in [-0.2, -0.15) is 0 Å². The Bertz CT molecular complexity index is 323. The van der Waals surface area contributed by atoms with Crippen molar-refractivity contribution in [3.8, 4) is 0 Å². The van der Waals surface area contributed by atoms with Crippen molar-refractivity contribution >= 4 is 5.97 Å². The molecular formula is C10H15N3O2. The monoisotopic (exact) mass is 209 g/mol. The average Bonchev–Trinajstić information content (AvgIpc) is 2.71. The molecule has 1 saturated heterocycles. The molecule has 0 saturated carbocycles. The molecule has 2 N–H and O–H groups in total. The Balaban J connectivity index is 2.02. The van der Waals surface area contributed by atoms with E-state index in [1.54, 1.807) is 12.4 Å². The lowest BCUT2D eigenvalue weighted by molar-refractivity contribution is -0.144. The maximum Gasteiger partial charge on any atom is 0.320 e. The quantitative estimate of drug-likeness (QED) is 0.774. The number of piperidine rings is 1. The number of rotatable bonds is 3. The molecule has 1 aliphatic heterocycles. The highest BCUT2D eigenvalue weighted by molar-refractivity contribution is 5.73. The summed E-state index contributed by atoms with van der Waals surface area (Å²) in [6.45, 7) is 1.45. The number of nitrogens with one attached hydrogen (secondary N) is 1. The Morgan fingerprint density at radius 3 is 3.20 bits per heavy atom. The van der Waals surface area contributed by atoms with Gasteiger partial charge in [0, 0.05) is 12.4 Å². The number of hydrogen-bond acceptors (Lipinski definition) is 3. The van der Waals surface area contributed by atoms with Crippen LogP contribution in [-0.2, 0) is 11.3 Å². The van der Waals surface area contributed by atoms with E-state index in [1.165, 1.54) is 0 Å². The minimum atomic E-state index is -0.721. The largest absolute Gasteiger partial charge is 0.480 e. The molecule has 2 heterocycles. The van der Waals surface area contributed by atoms with Gasteiger partial charge >= 0.3 is 5.97 Å². The minimum Gasteiger partial charge on any atom is -0.480 e. The Labute approximate surface area is 88.1 Å². The maximum atomic E-state index is 11.0. The Morgan fingerprint density at radius 1 is 1.67 bits per heavy atom. The minimum absolute atomic E-state index is 0.344. The molecular weight excluding hydrogens is 194 g/mol. The van der Waals surface area contributed by atoms with Crippen LogP contribution in [0.25, 0.3) is 0 Å². The number of imidazole rings is 1. The van der Waals surface area contributed by atoms with E-state index in [0.29, 0.717) is 6.54 Å². The molecule has 2 rings (SSSR count). The molecule has 0 aromatic carbocycles. The fourth-order valence-corrected chi connectivity index (χ4v) is 2.04. The number of aromatic amines is 1. The molecule has 82 valence electrons. The van der Waals surface area contributed by atoms with Gasteiger partial charge in [0.25, 0.3) is 0 Å². The fourth-order valence-electron chi connectivity index (χ4n) is 2.04. The molecule has 0 spiro atoms. The molecule has 1 aromatic heterocycles. The number of carbonyl (C=O) groups is 1. The van der Waals surface area contributed by atoms with Crippen LogP contribution in [0, 0.1) is 0 Å². The molecule has 1 aromatic rings. The van der Waals surface area contributed by atoms with Crippen molar-refractivity contribution in [1.82, 2.24) is 14.9 Å². The van der Waals surface area contributed by atoms with E-state index in [9.17, 15) is 4.79 Å². The van der Waals surface area contributed by atoms with Crippen LogP contribution in [-0.4, -0.2) is 38.5 Å². The predicted molar refractivity (Wildman–Crippen MR) is 54.3 cm³/mol. The Hall–Kier alpha value is -1.36. The summed E-state index contributed by atoms with van der Waals surface area (Å²) in [4.78, 5) is 20.1. The lowest BCUT2D eigenvalue weighted by Crippen LogP contribution is -2.44. The normalized spacial score (nSPS) is 22.8. The van der Waals surface area contributed by atoms with Crippen LogP contribution in [0.2, 0.25) is 0 Å². The second-order valence-electron chi connectivity index (χ2n) is 3.86. The third-order valence-corrected chi connectivity index (χ3v) is 2.81. The van der Waals surface area contributed by atoms with Crippen molar-refractivity contribution in [2.24, 2.45) is 0 Å². The highest BCUT2D eigenvalue weighted by Crippen LogP contribution is 2.18. The van der Waals surface area contributed by atoms with Crippen molar-refractivity contribution in [1.29, 1.82) is 0 Å². The SMILES string of the molecule is O=C(O)C1CCCCN1Cc1ncc[nH]1. The number of nitrogens with zero attached hydrogens (tertiary/aromatic N) is 2. The average molecular weight is 209 g/mol. The van der Waals surface area contributed by atoms with Gasteiger partial charge in [-0.1, -0.05) is 6.42 Å². The number of likely N-dealkylation sites (tertiary alicyclic amines) is 1. The van der Waals surface area contributed by atoms with Gasteiger partial charge in [-0.05, 0) is 19.4 Å². The Morgan fingerprint density at radius 2 is 2.53 bits per heavy atom. The number of aromatic nitrogens is 2. The van der Waals surface area contributed by atoms with Crippen LogP contribution in [0.1, 0.15) is 25.1 Å². The molecule has 1 aliphatic rings. The lowest BCUT2D eigenvalue weighted by atomic mass is 10.0. The van der Waals surface area contributed by atoms with Crippen molar-refractivity contribution < 1.29 is 9.90 Å². The van der Waals surface area contributed by atoms with Gasteiger partial charge in [0.15, 0.2) is 0 Å². The van der Waals surface area contributed by atoms with E-state index in [1.807, 2.05) is 4.90 Å². The first-order valence-electron chi connectivity index (χ1n) is 5.22. The van der Waals surface area contributed by atoms with Gasteiger partial charge in [0.1, 0.15) is 11.9 Å². The third-order valence-electron chi connectivity index (χ3n) is 2.81. The van der Waals surface area contributed by atoms with E-state index in [0.717, 1.165) is 31.6 Å². The maximum absolute atomic E-state index is 11.0. The number of aliphatic carboxylic acids is 1. The topological polar surface area (TPSA) is 69.2 Å². The predicted octanol–water partition coefficient (Wildman–Crippen LogP) is 0.849. The lowest BCUT2D eigenvalue weighted by Gasteiger charge is -2.31.